The van der Waals surface area contributed by atoms with Gasteiger partial charge in [-0.05, 0) is 36.5 Å². The lowest BCUT2D eigenvalue weighted by molar-refractivity contribution is 0.0887. The molecule has 1 aromatic rings. The molecule has 0 bridgehead atoms. The van der Waals surface area contributed by atoms with Crippen molar-refractivity contribution in [3.05, 3.63) is 34.3 Å². The number of hydrogen-bond acceptors (Lipinski definition) is 2. The van der Waals surface area contributed by atoms with Crippen LogP contribution >= 0.6 is 15.9 Å². The van der Waals surface area contributed by atoms with E-state index >= 15 is 0 Å². The molecule has 0 saturated heterocycles. The third-order valence-corrected chi connectivity index (χ3v) is 3.32. The van der Waals surface area contributed by atoms with Crippen molar-refractivity contribution in [1.82, 2.24) is 0 Å². The number of methoxy groups -OCH3 is 1. The maximum Gasteiger partial charge on any atom is 0.0606 e. The molecular formula is C13H19BrO2. The van der Waals surface area contributed by atoms with Gasteiger partial charge in [0.25, 0.3) is 0 Å². The predicted molar refractivity (Wildman–Crippen MR) is 69.5 cm³/mol. The van der Waals surface area contributed by atoms with Gasteiger partial charge in [-0.15, -0.1) is 0 Å². The van der Waals surface area contributed by atoms with Crippen LogP contribution in [0.25, 0.3) is 0 Å². The lowest BCUT2D eigenvalue weighted by atomic mass is 9.95. The summed E-state index contributed by atoms with van der Waals surface area (Å²) >= 11 is 3.40. The second kappa shape index (κ2) is 7.05. The van der Waals surface area contributed by atoms with Gasteiger partial charge in [0.15, 0.2) is 0 Å². The summed E-state index contributed by atoms with van der Waals surface area (Å²) in [5.41, 5.74) is 1.17. The van der Waals surface area contributed by atoms with Crippen molar-refractivity contribution >= 4 is 15.9 Å². The zero-order valence-corrected chi connectivity index (χ0v) is 11.4. The van der Waals surface area contributed by atoms with E-state index in [9.17, 15) is 5.11 Å². The predicted octanol–water partition coefficient (Wildman–Crippen LogP) is 3.03. The fourth-order valence-electron chi connectivity index (χ4n) is 1.56. The van der Waals surface area contributed by atoms with Gasteiger partial charge in [-0.25, -0.2) is 0 Å². The van der Waals surface area contributed by atoms with Crippen molar-refractivity contribution in [3.8, 4) is 0 Å². The third-order valence-electron chi connectivity index (χ3n) is 2.79. The SMILES string of the molecule is COCCC(C)C(O)Cc1ccc(Br)cc1. The van der Waals surface area contributed by atoms with Gasteiger partial charge in [0, 0.05) is 18.2 Å². The average Bonchev–Trinajstić information content (AvgIpc) is 2.29. The lowest BCUT2D eigenvalue weighted by Gasteiger charge is -2.18. The van der Waals surface area contributed by atoms with Crippen LogP contribution in [0.5, 0.6) is 0 Å². The van der Waals surface area contributed by atoms with E-state index in [2.05, 4.69) is 22.9 Å². The minimum atomic E-state index is -0.295. The first-order valence-corrected chi connectivity index (χ1v) is 6.34. The first kappa shape index (κ1) is 13.7. The highest BCUT2D eigenvalue weighted by Gasteiger charge is 2.14. The molecule has 0 aliphatic heterocycles. The topological polar surface area (TPSA) is 29.5 Å². The molecule has 1 N–H and O–H groups in total. The Labute approximate surface area is 106 Å². The molecule has 0 radical (unpaired) electrons. The van der Waals surface area contributed by atoms with Crippen molar-refractivity contribution in [2.24, 2.45) is 5.92 Å². The van der Waals surface area contributed by atoms with Gasteiger partial charge >= 0.3 is 0 Å². The Morgan fingerprint density at radius 2 is 1.94 bits per heavy atom. The molecule has 1 rings (SSSR count). The minimum Gasteiger partial charge on any atom is -0.393 e. The molecule has 2 atom stereocenters. The highest BCUT2D eigenvalue weighted by Crippen LogP contribution is 2.16. The Kier molecular flexibility index (Phi) is 6.03. The van der Waals surface area contributed by atoms with Crippen LogP contribution in [-0.4, -0.2) is 24.9 Å². The van der Waals surface area contributed by atoms with E-state index in [1.54, 1.807) is 7.11 Å². The van der Waals surface area contributed by atoms with Crippen molar-refractivity contribution in [1.29, 1.82) is 0 Å². The van der Waals surface area contributed by atoms with E-state index in [0.717, 1.165) is 10.9 Å². The highest BCUT2D eigenvalue weighted by atomic mass is 79.9. The van der Waals surface area contributed by atoms with Crippen molar-refractivity contribution < 1.29 is 9.84 Å². The van der Waals surface area contributed by atoms with Crippen molar-refractivity contribution in [3.63, 3.8) is 0 Å². The van der Waals surface area contributed by atoms with Gasteiger partial charge in [0.05, 0.1) is 6.10 Å². The van der Waals surface area contributed by atoms with E-state index < -0.39 is 0 Å². The number of aliphatic hydroxyl groups excluding tert-OH is 1. The van der Waals surface area contributed by atoms with Crippen LogP contribution in [0, 0.1) is 5.92 Å². The van der Waals surface area contributed by atoms with Gasteiger partial charge in [-0.1, -0.05) is 35.0 Å². The number of rotatable bonds is 6. The van der Waals surface area contributed by atoms with Crippen LogP contribution in [0.3, 0.4) is 0 Å². The zero-order chi connectivity index (χ0) is 12.0. The maximum atomic E-state index is 10.00. The first-order chi connectivity index (χ1) is 7.63. The minimum absolute atomic E-state index is 0.267. The van der Waals surface area contributed by atoms with E-state index in [1.165, 1.54) is 5.56 Å². The largest absolute Gasteiger partial charge is 0.393 e. The summed E-state index contributed by atoms with van der Waals surface area (Å²) in [6.07, 6.45) is 1.31. The molecule has 1 aromatic carbocycles. The zero-order valence-electron chi connectivity index (χ0n) is 9.82. The molecule has 0 spiro atoms. The molecule has 0 fully saturated rings. The van der Waals surface area contributed by atoms with Gasteiger partial charge in [-0.3, -0.25) is 0 Å². The standard InChI is InChI=1S/C13H19BrO2/c1-10(7-8-16-2)13(15)9-11-3-5-12(14)6-4-11/h3-6,10,13,15H,7-9H2,1-2H3. The van der Waals surface area contributed by atoms with Crippen LogP contribution in [0.4, 0.5) is 0 Å². The Morgan fingerprint density at radius 3 is 2.50 bits per heavy atom. The molecular weight excluding hydrogens is 268 g/mol. The molecule has 0 heterocycles. The Morgan fingerprint density at radius 1 is 1.31 bits per heavy atom. The molecule has 0 aliphatic rings. The summed E-state index contributed by atoms with van der Waals surface area (Å²) in [5, 5.41) is 10.00. The van der Waals surface area contributed by atoms with Gasteiger partial charge in [-0.2, -0.15) is 0 Å². The summed E-state index contributed by atoms with van der Waals surface area (Å²) in [4.78, 5) is 0. The van der Waals surface area contributed by atoms with Crippen LogP contribution in [0.15, 0.2) is 28.7 Å². The molecule has 0 aromatic heterocycles. The Bertz CT molecular complexity index is 297. The van der Waals surface area contributed by atoms with Crippen LogP contribution in [0.1, 0.15) is 18.9 Å². The first-order valence-electron chi connectivity index (χ1n) is 5.55. The summed E-state index contributed by atoms with van der Waals surface area (Å²) < 4.78 is 6.08. The Balaban J connectivity index is 2.43. The fourth-order valence-corrected chi connectivity index (χ4v) is 1.82. The second-order valence-corrected chi connectivity index (χ2v) is 5.07. The van der Waals surface area contributed by atoms with Crippen molar-refractivity contribution in [2.75, 3.05) is 13.7 Å². The number of aliphatic hydroxyl groups is 1. The van der Waals surface area contributed by atoms with Crippen LogP contribution < -0.4 is 0 Å². The number of benzene rings is 1. The summed E-state index contributed by atoms with van der Waals surface area (Å²) in [5.74, 6) is 0.267. The van der Waals surface area contributed by atoms with Crippen LogP contribution in [-0.2, 0) is 11.2 Å². The van der Waals surface area contributed by atoms with E-state index in [1.807, 2.05) is 24.3 Å². The quantitative estimate of drug-likeness (QED) is 0.871. The second-order valence-electron chi connectivity index (χ2n) is 4.16. The molecule has 90 valence electrons. The molecule has 2 unspecified atom stereocenters. The van der Waals surface area contributed by atoms with Gasteiger partial charge < -0.3 is 9.84 Å². The average molecular weight is 287 g/mol. The summed E-state index contributed by atoms with van der Waals surface area (Å²) in [6, 6.07) is 8.08. The molecule has 16 heavy (non-hydrogen) atoms. The number of ether oxygens (including phenoxy) is 1. The molecule has 0 aliphatic carbocycles. The highest BCUT2D eigenvalue weighted by molar-refractivity contribution is 9.10. The molecule has 3 heteroatoms. The monoisotopic (exact) mass is 286 g/mol. The summed E-state index contributed by atoms with van der Waals surface area (Å²) in [7, 11) is 1.69. The lowest BCUT2D eigenvalue weighted by Crippen LogP contribution is -2.21. The van der Waals surface area contributed by atoms with E-state index in [4.69, 9.17) is 4.74 Å². The molecule has 2 nitrogen and oxygen atoms in total. The molecule has 0 amide bonds. The number of hydrogen-bond donors (Lipinski definition) is 1. The number of halogens is 1. The van der Waals surface area contributed by atoms with Crippen molar-refractivity contribution in [2.45, 2.75) is 25.9 Å². The fraction of sp³-hybridized carbons (Fsp3) is 0.538. The Hall–Kier alpha value is -0.380. The van der Waals surface area contributed by atoms with E-state index in [-0.39, 0.29) is 12.0 Å². The summed E-state index contributed by atoms with van der Waals surface area (Å²) in [6.45, 7) is 2.76. The van der Waals surface area contributed by atoms with Gasteiger partial charge in [0.2, 0.25) is 0 Å². The normalized spacial score (nSPS) is 14.8. The molecule has 0 saturated carbocycles. The maximum absolute atomic E-state index is 10.00. The van der Waals surface area contributed by atoms with E-state index in [0.29, 0.717) is 13.0 Å². The smallest absolute Gasteiger partial charge is 0.0606 e. The van der Waals surface area contributed by atoms with Gasteiger partial charge in [0.1, 0.15) is 0 Å². The third kappa shape index (κ3) is 4.64. The van der Waals surface area contributed by atoms with Crippen LogP contribution in [0.2, 0.25) is 0 Å².